The van der Waals surface area contributed by atoms with E-state index in [9.17, 15) is 0 Å². The Kier molecular flexibility index (Phi) is 7.13. The Bertz CT molecular complexity index is 721. The maximum absolute atomic E-state index is 5.94. The van der Waals surface area contributed by atoms with Crippen molar-refractivity contribution < 1.29 is 9.15 Å². The summed E-state index contributed by atoms with van der Waals surface area (Å²) in [5.41, 5.74) is 1.99. The molecule has 25 heavy (non-hydrogen) atoms. The molecule has 0 saturated carbocycles. The first-order valence-electron chi connectivity index (χ1n) is 8.74. The lowest BCUT2D eigenvalue weighted by molar-refractivity contribution is 0.0243. The van der Waals surface area contributed by atoms with E-state index < -0.39 is 0 Å². The maximum Gasteiger partial charge on any atom is 0.191 e. The lowest BCUT2D eigenvalue weighted by atomic mass is 10.0. The van der Waals surface area contributed by atoms with Crippen molar-refractivity contribution in [2.75, 3.05) is 19.7 Å². The van der Waals surface area contributed by atoms with Crippen molar-refractivity contribution in [1.82, 2.24) is 10.6 Å². The van der Waals surface area contributed by atoms with Crippen molar-refractivity contribution in [3.63, 3.8) is 0 Å². The van der Waals surface area contributed by atoms with E-state index in [1.807, 2.05) is 18.2 Å². The largest absolute Gasteiger partial charge is 0.459 e. The quantitative estimate of drug-likeness (QED) is 0.405. The van der Waals surface area contributed by atoms with Crippen LogP contribution < -0.4 is 10.6 Å². The Morgan fingerprint density at radius 1 is 1.28 bits per heavy atom. The van der Waals surface area contributed by atoms with Crippen LogP contribution in [0.3, 0.4) is 0 Å². The standard InChI is InChI=1S/C19H27N3O2.HI/c1-4-20-18(22-13-19(3)10-7-11-23-19)21-12-17-14(2)15-8-5-6-9-16(15)24-17;/h5-6,8-9H,4,7,10-13H2,1-3H3,(H2,20,21,22);1H. The van der Waals surface area contributed by atoms with Crippen LogP contribution in [-0.2, 0) is 11.3 Å². The van der Waals surface area contributed by atoms with Crippen LogP contribution in [0.1, 0.15) is 38.0 Å². The summed E-state index contributed by atoms with van der Waals surface area (Å²) >= 11 is 0. The zero-order chi connectivity index (χ0) is 17.0. The minimum atomic E-state index is -0.0918. The zero-order valence-corrected chi connectivity index (χ0v) is 17.6. The number of halogens is 1. The highest BCUT2D eigenvalue weighted by Crippen LogP contribution is 2.25. The van der Waals surface area contributed by atoms with E-state index in [-0.39, 0.29) is 29.6 Å². The van der Waals surface area contributed by atoms with Crippen molar-refractivity contribution in [3.8, 4) is 0 Å². The van der Waals surface area contributed by atoms with Gasteiger partial charge >= 0.3 is 0 Å². The van der Waals surface area contributed by atoms with Gasteiger partial charge in [0.25, 0.3) is 0 Å². The molecule has 2 aromatic rings. The van der Waals surface area contributed by atoms with Gasteiger partial charge in [0.1, 0.15) is 17.9 Å². The number of benzene rings is 1. The van der Waals surface area contributed by atoms with E-state index in [1.54, 1.807) is 0 Å². The first kappa shape index (κ1) is 20.0. The molecule has 5 nitrogen and oxygen atoms in total. The molecule has 1 aromatic carbocycles. The van der Waals surface area contributed by atoms with Gasteiger partial charge in [0.2, 0.25) is 0 Å². The molecule has 1 unspecified atom stereocenters. The molecular formula is C19H28IN3O2. The third kappa shape index (κ3) is 4.88. The molecule has 1 fully saturated rings. The van der Waals surface area contributed by atoms with E-state index in [0.29, 0.717) is 6.54 Å². The number of guanidine groups is 1. The summed E-state index contributed by atoms with van der Waals surface area (Å²) in [6, 6.07) is 8.11. The Labute approximate surface area is 166 Å². The third-order valence-corrected chi connectivity index (χ3v) is 4.60. The third-order valence-electron chi connectivity index (χ3n) is 4.60. The van der Waals surface area contributed by atoms with Crippen LogP contribution in [-0.4, -0.2) is 31.3 Å². The molecule has 1 aromatic heterocycles. The summed E-state index contributed by atoms with van der Waals surface area (Å²) < 4.78 is 11.8. The van der Waals surface area contributed by atoms with Gasteiger partial charge in [0.15, 0.2) is 5.96 Å². The fourth-order valence-electron chi connectivity index (χ4n) is 3.12. The van der Waals surface area contributed by atoms with Gasteiger partial charge < -0.3 is 19.8 Å². The molecule has 1 aliphatic rings. The van der Waals surface area contributed by atoms with Crippen molar-refractivity contribution in [2.45, 2.75) is 45.8 Å². The summed E-state index contributed by atoms with van der Waals surface area (Å²) in [4.78, 5) is 4.68. The predicted octanol–water partition coefficient (Wildman–Crippen LogP) is 3.98. The highest BCUT2D eigenvalue weighted by atomic mass is 127. The van der Waals surface area contributed by atoms with Crippen molar-refractivity contribution in [3.05, 3.63) is 35.6 Å². The smallest absolute Gasteiger partial charge is 0.191 e. The summed E-state index contributed by atoms with van der Waals surface area (Å²) in [6.45, 7) is 9.26. The van der Waals surface area contributed by atoms with Crippen LogP contribution in [0, 0.1) is 6.92 Å². The number of aryl methyl sites for hydroxylation is 1. The van der Waals surface area contributed by atoms with E-state index in [4.69, 9.17) is 9.15 Å². The number of ether oxygens (including phenoxy) is 1. The molecule has 3 rings (SSSR count). The monoisotopic (exact) mass is 457 g/mol. The Morgan fingerprint density at radius 3 is 2.76 bits per heavy atom. The number of para-hydroxylation sites is 1. The molecule has 2 N–H and O–H groups in total. The minimum Gasteiger partial charge on any atom is -0.459 e. The topological polar surface area (TPSA) is 58.8 Å². The molecule has 1 saturated heterocycles. The Morgan fingerprint density at radius 2 is 2.08 bits per heavy atom. The predicted molar refractivity (Wildman–Crippen MR) is 113 cm³/mol. The fourth-order valence-corrected chi connectivity index (χ4v) is 3.12. The Balaban J connectivity index is 0.00000225. The number of furan rings is 1. The average Bonchev–Trinajstić information content (AvgIpc) is 3.15. The number of rotatable bonds is 5. The average molecular weight is 457 g/mol. The van der Waals surface area contributed by atoms with Crippen LogP contribution in [0.15, 0.2) is 33.7 Å². The van der Waals surface area contributed by atoms with Gasteiger partial charge in [0.05, 0.1) is 5.60 Å². The van der Waals surface area contributed by atoms with Crippen LogP contribution in [0.2, 0.25) is 0 Å². The normalized spacial score (nSPS) is 20.5. The molecular weight excluding hydrogens is 429 g/mol. The second-order valence-corrected chi connectivity index (χ2v) is 6.60. The molecule has 0 radical (unpaired) electrons. The van der Waals surface area contributed by atoms with Gasteiger partial charge in [-0.25, -0.2) is 4.99 Å². The molecule has 0 bridgehead atoms. The van der Waals surface area contributed by atoms with Gasteiger partial charge in [0, 0.05) is 30.6 Å². The van der Waals surface area contributed by atoms with Gasteiger partial charge in [-0.3, -0.25) is 0 Å². The molecule has 138 valence electrons. The van der Waals surface area contributed by atoms with Crippen molar-refractivity contribution in [2.24, 2.45) is 4.99 Å². The lowest BCUT2D eigenvalue weighted by Crippen LogP contribution is -2.45. The Hall–Kier alpha value is -1.28. The van der Waals surface area contributed by atoms with Gasteiger partial charge in [-0.1, -0.05) is 18.2 Å². The van der Waals surface area contributed by atoms with Gasteiger partial charge in [-0.15, -0.1) is 24.0 Å². The molecule has 0 aliphatic carbocycles. The number of nitrogens with one attached hydrogen (secondary N) is 2. The van der Waals surface area contributed by atoms with E-state index in [1.165, 1.54) is 0 Å². The van der Waals surface area contributed by atoms with Crippen molar-refractivity contribution >= 4 is 40.9 Å². The van der Waals surface area contributed by atoms with Crippen LogP contribution >= 0.6 is 24.0 Å². The highest BCUT2D eigenvalue weighted by Gasteiger charge is 2.29. The SMILES string of the molecule is CCNC(=NCc1oc2ccccc2c1C)NCC1(C)CCCO1.I. The number of fused-ring (bicyclic) bond motifs is 1. The van der Waals surface area contributed by atoms with Gasteiger partial charge in [-0.2, -0.15) is 0 Å². The molecule has 1 aliphatic heterocycles. The number of hydrogen-bond acceptors (Lipinski definition) is 3. The molecule has 1 atom stereocenters. The van der Waals surface area contributed by atoms with Crippen LogP contribution in [0.25, 0.3) is 11.0 Å². The summed E-state index contributed by atoms with van der Waals surface area (Å²) in [5, 5.41) is 7.85. The first-order chi connectivity index (χ1) is 11.6. The number of nitrogens with zero attached hydrogens (tertiary/aromatic N) is 1. The second-order valence-electron chi connectivity index (χ2n) is 6.60. The highest BCUT2D eigenvalue weighted by molar-refractivity contribution is 14.0. The molecule has 0 amide bonds. The second kappa shape index (κ2) is 8.89. The molecule has 6 heteroatoms. The van der Waals surface area contributed by atoms with Crippen molar-refractivity contribution in [1.29, 1.82) is 0 Å². The minimum absolute atomic E-state index is 0. The van der Waals surface area contributed by atoms with E-state index >= 15 is 0 Å². The van der Waals surface area contributed by atoms with E-state index in [2.05, 4.69) is 42.5 Å². The fraction of sp³-hybridized carbons (Fsp3) is 0.526. The van der Waals surface area contributed by atoms with Crippen LogP contribution in [0.4, 0.5) is 0 Å². The maximum atomic E-state index is 5.94. The number of hydrogen-bond donors (Lipinski definition) is 2. The molecule has 2 heterocycles. The number of aliphatic imine (C=N–C) groups is 1. The zero-order valence-electron chi connectivity index (χ0n) is 15.2. The summed E-state index contributed by atoms with van der Waals surface area (Å²) in [5.74, 6) is 1.71. The van der Waals surface area contributed by atoms with Crippen LogP contribution in [0.5, 0.6) is 0 Å². The lowest BCUT2D eigenvalue weighted by Gasteiger charge is -2.24. The first-order valence-corrected chi connectivity index (χ1v) is 8.74. The molecule has 0 spiro atoms. The summed E-state index contributed by atoms with van der Waals surface area (Å²) in [7, 11) is 0. The van der Waals surface area contributed by atoms with E-state index in [0.717, 1.165) is 60.8 Å². The summed E-state index contributed by atoms with van der Waals surface area (Å²) in [6.07, 6.45) is 2.21. The van der Waals surface area contributed by atoms with Gasteiger partial charge in [-0.05, 0) is 39.7 Å².